The Morgan fingerprint density at radius 1 is 1.07 bits per heavy atom. The van der Waals surface area contributed by atoms with E-state index in [9.17, 15) is 18.4 Å². The van der Waals surface area contributed by atoms with Crippen LogP contribution in [0.2, 0.25) is 0 Å². The lowest BCUT2D eigenvalue weighted by Crippen LogP contribution is -2.32. The van der Waals surface area contributed by atoms with Crippen molar-refractivity contribution < 1.29 is 27.8 Å². The number of carbonyl (C=O) groups excluding carboxylic acids is 2. The van der Waals surface area contributed by atoms with Gasteiger partial charge in [0.05, 0.1) is 40.5 Å². The molecule has 0 radical (unpaired) electrons. The van der Waals surface area contributed by atoms with Crippen molar-refractivity contribution in [3.8, 4) is 0 Å². The first-order valence-corrected chi connectivity index (χ1v) is 9.80. The van der Waals surface area contributed by atoms with Gasteiger partial charge >= 0.3 is 5.97 Å². The summed E-state index contributed by atoms with van der Waals surface area (Å²) in [4.78, 5) is 24.3. The third-order valence-corrected chi connectivity index (χ3v) is 5.02. The van der Waals surface area contributed by atoms with Crippen LogP contribution in [0.15, 0.2) is 34.8 Å². The molecule has 0 saturated heterocycles. The van der Waals surface area contributed by atoms with Gasteiger partial charge in [-0.05, 0) is 60.1 Å². The van der Waals surface area contributed by atoms with Gasteiger partial charge in [0.2, 0.25) is 5.91 Å². The van der Waals surface area contributed by atoms with Crippen molar-refractivity contribution in [3.05, 3.63) is 57.6 Å². The minimum Gasteiger partial charge on any atom is -0.465 e. The molecule has 1 amide bonds. The quantitative estimate of drug-likeness (QED) is 0.425. The highest BCUT2D eigenvalue weighted by atomic mass is 79.9. The molecule has 0 fully saturated rings. The highest BCUT2D eigenvalue weighted by Crippen LogP contribution is 2.26. The lowest BCUT2D eigenvalue weighted by Gasteiger charge is -2.25. The highest BCUT2D eigenvalue weighted by molar-refractivity contribution is 9.10. The summed E-state index contributed by atoms with van der Waals surface area (Å²) in [6, 6.07) is 6.51. The summed E-state index contributed by atoms with van der Waals surface area (Å²) < 4.78 is 37.8. The third-order valence-electron chi connectivity index (χ3n) is 4.41. The number of anilines is 2. The number of rotatable bonds is 8. The SMILES string of the molecule is COC(=O)c1ccc(NC(=O)Cc2cc(F)c(Br)cc2F)c(NCC(C)(C)OC)c1. The summed E-state index contributed by atoms with van der Waals surface area (Å²) in [5.41, 5.74) is 0.528. The molecule has 2 aromatic rings. The zero-order chi connectivity index (χ0) is 22.5. The maximum absolute atomic E-state index is 14.0. The molecular weight excluding hydrogens is 462 g/mol. The minimum atomic E-state index is -0.695. The van der Waals surface area contributed by atoms with Crippen LogP contribution in [0.1, 0.15) is 29.8 Å². The van der Waals surface area contributed by atoms with Gasteiger partial charge in [-0.3, -0.25) is 4.79 Å². The molecule has 0 aliphatic carbocycles. The third kappa shape index (κ3) is 6.24. The van der Waals surface area contributed by atoms with Gasteiger partial charge in [0.25, 0.3) is 0 Å². The van der Waals surface area contributed by atoms with Crippen LogP contribution in [-0.2, 0) is 20.7 Å². The Morgan fingerprint density at radius 2 is 1.77 bits per heavy atom. The number of halogens is 3. The number of benzene rings is 2. The van der Waals surface area contributed by atoms with E-state index in [4.69, 9.17) is 9.47 Å². The van der Waals surface area contributed by atoms with E-state index < -0.39 is 29.1 Å². The van der Waals surface area contributed by atoms with Crippen LogP contribution in [0.4, 0.5) is 20.2 Å². The second-order valence-electron chi connectivity index (χ2n) is 7.15. The van der Waals surface area contributed by atoms with E-state index in [0.717, 1.165) is 12.1 Å². The summed E-state index contributed by atoms with van der Waals surface area (Å²) >= 11 is 2.90. The Bertz CT molecular complexity index is 951. The maximum Gasteiger partial charge on any atom is 0.337 e. The van der Waals surface area contributed by atoms with Gasteiger partial charge in [-0.2, -0.15) is 0 Å². The molecule has 162 valence electrons. The molecule has 0 unspecified atom stereocenters. The topological polar surface area (TPSA) is 76.7 Å². The van der Waals surface area contributed by atoms with E-state index in [1.165, 1.54) is 25.3 Å². The summed E-state index contributed by atoms with van der Waals surface area (Å²) in [6.45, 7) is 4.12. The van der Waals surface area contributed by atoms with Crippen molar-refractivity contribution >= 4 is 39.2 Å². The number of carbonyl (C=O) groups is 2. The zero-order valence-corrected chi connectivity index (χ0v) is 18.7. The molecule has 2 rings (SSSR count). The van der Waals surface area contributed by atoms with Crippen LogP contribution < -0.4 is 10.6 Å². The van der Waals surface area contributed by atoms with Crippen LogP contribution in [0.5, 0.6) is 0 Å². The van der Waals surface area contributed by atoms with E-state index in [1.807, 2.05) is 13.8 Å². The van der Waals surface area contributed by atoms with Crippen LogP contribution in [0.25, 0.3) is 0 Å². The molecule has 0 heterocycles. The fraction of sp³-hybridized carbons (Fsp3) is 0.333. The maximum atomic E-state index is 14.0. The average molecular weight is 485 g/mol. The van der Waals surface area contributed by atoms with E-state index >= 15 is 0 Å². The zero-order valence-electron chi connectivity index (χ0n) is 17.1. The second-order valence-corrected chi connectivity index (χ2v) is 8.01. The molecule has 0 spiro atoms. The Labute approximate surface area is 182 Å². The molecule has 0 aliphatic heterocycles. The number of hydrogen-bond donors (Lipinski definition) is 2. The summed E-state index contributed by atoms with van der Waals surface area (Å²) in [5.74, 6) is -2.43. The minimum absolute atomic E-state index is 0.0187. The Morgan fingerprint density at radius 3 is 2.40 bits per heavy atom. The lowest BCUT2D eigenvalue weighted by molar-refractivity contribution is -0.115. The number of nitrogens with one attached hydrogen (secondary N) is 2. The largest absolute Gasteiger partial charge is 0.465 e. The van der Waals surface area contributed by atoms with Gasteiger partial charge in [-0.15, -0.1) is 0 Å². The highest BCUT2D eigenvalue weighted by Gasteiger charge is 2.19. The molecule has 0 bridgehead atoms. The van der Waals surface area contributed by atoms with Crippen molar-refractivity contribution in [2.45, 2.75) is 25.9 Å². The van der Waals surface area contributed by atoms with Crippen LogP contribution in [0, 0.1) is 11.6 Å². The Kier molecular flexibility index (Phi) is 7.91. The van der Waals surface area contributed by atoms with E-state index in [1.54, 1.807) is 7.11 Å². The molecule has 2 N–H and O–H groups in total. The summed E-state index contributed by atoms with van der Waals surface area (Å²) in [6.07, 6.45) is -0.363. The van der Waals surface area contributed by atoms with Gasteiger partial charge in [-0.25, -0.2) is 13.6 Å². The molecule has 2 aromatic carbocycles. The molecule has 9 heteroatoms. The smallest absolute Gasteiger partial charge is 0.337 e. The molecular formula is C21H23BrF2N2O4. The van der Waals surface area contributed by atoms with Gasteiger partial charge in [0, 0.05) is 19.2 Å². The number of esters is 1. The van der Waals surface area contributed by atoms with E-state index in [2.05, 4.69) is 26.6 Å². The average Bonchev–Trinajstić information content (AvgIpc) is 2.70. The van der Waals surface area contributed by atoms with Crippen molar-refractivity contribution in [1.29, 1.82) is 0 Å². The predicted molar refractivity (Wildman–Crippen MR) is 114 cm³/mol. The van der Waals surface area contributed by atoms with Gasteiger partial charge in [0.15, 0.2) is 0 Å². The fourth-order valence-corrected chi connectivity index (χ4v) is 2.81. The Balaban J connectivity index is 2.25. The number of amides is 1. The normalized spacial score (nSPS) is 11.2. The van der Waals surface area contributed by atoms with Gasteiger partial charge in [0.1, 0.15) is 11.6 Å². The first-order valence-electron chi connectivity index (χ1n) is 9.01. The van der Waals surface area contributed by atoms with Crippen molar-refractivity contribution in [2.75, 3.05) is 31.4 Å². The first-order chi connectivity index (χ1) is 14.1. The van der Waals surface area contributed by atoms with Crippen LogP contribution in [-0.4, -0.2) is 38.2 Å². The first kappa shape index (κ1) is 23.8. The number of methoxy groups -OCH3 is 2. The number of ether oxygens (including phenoxy) is 2. The lowest BCUT2D eigenvalue weighted by atomic mass is 10.1. The molecule has 30 heavy (non-hydrogen) atoms. The Hall–Kier alpha value is -2.52. The van der Waals surface area contributed by atoms with Crippen molar-refractivity contribution in [3.63, 3.8) is 0 Å². The molecule has 0 saturated carbocycles. The fourth-order valence-electron chi connectivity index (χ4n) is 2.49. The van der Waals surface area contributed by atoms with Gasteiger partial charge in [-0.1, -0.05) is 0 Å². The standard InChI is InChI=1S/C21H23BrF2N2O4/c1-21(2,30-4)11-25-18-8-12(20(28)29-3)5-6-17(18)26-19(27)9-13-7-16(24)14(22)10-15(13)23/h5-8,10,25H,9,11H2,1-4H3,(H,26,27). The van der Waals surface area contributed by atoms with Crippen molar-refractivity contribution in [2.24, 2.45) is 0 Å². The van der Waals surface area contributed by atoms with Crippen LogP contribution in [0.3, 0.4) is 0 Å². The summed E-state index contributed by atoms with van der Waals surface area (Å²) in [5, 5.41) is 5.80. The van der Waals surface area contributed by atoms with Crippen LogP contribution >= 0.6 is 15.9 Å². The monoisotopic (exact) mass is 484 g/mol. The van der Waals surface area contributed by atoms with Gasteiger partial charge < -0.3 is 20.1 Å². The number of hydrogen-bond acceptors (Lipinski definition) is 5. The molecule has 0 aromatic heterocycles. The van der Waals surface area contributed by atoms with Crippen molar-refractivity contribution in [1.82, 2.24) is 0 Å². The molecule has 0 atom stereocenters. The molecule has 0 aliphatic rings. The van der Waals surface area contributed by atoms with E-state index in [-0.39, 0.29) is 22.0 Å². The predicted octanol–water partition coefficient (Wildman–Crippen LogP) is 4.53. The van der Waals surface area contributed by atoms with E-state index in [0.29, 0.717) is 17.9 Å². The summed E-state index contributed by atoms with van der Waals surface area (Å²) in [7, 11) is 2.84. The second kappa shape index (κ2) is 9.99. The molecule has 6 nitrogen and oxygen atoms in total.